The minimum Gasteiger partial charge on any atom is -0.355 e. The zero-order valence-electron chi connectivity index (χ0n) is 11.6. The van der Waals surface area contributed by atoms with E-state index < -0.39 is 0 Å². The van der Waals surface area contributed by atoms with Gasteiger partial charge in [-0.25, -0.2) is 0 Å². The molecule has 2 atom stereocenters. The Balaban J connectivity index is 2.28. The summed E-state index contributed by atoms with van der Waals surface area (Å²) in [6, 6.07) is 0.385. The van der Waals surface area contributed by atoms with E-state index in [9.17, 15) is 4.79 Å². The summed E-state index contributed by atoms with van der Waals surface area (Å²) in [7, 11) is 0. The van der Waals surface area contributed by atoms with Gasteiger partial charge in [0.15, 0.2) is 0 Å². The zero-order chi connectivity index (χ0) is 12.7. The lowest BCUT2D eigenvalue weighted by Gasteiger charge is -2.30. The summed E-state index contributed by atoms with van der Waals surface area (Å²) in [6.07, 6.45) is 7.72. The summed E-state index contributed by atoms with van der Waals surface area (Å²) < 4.78 is 0. The summed E-state index contributed by atoms with van der Waals surface area (Å²) in [4.78, 5) is 11.7. The van der Waals surface area contributed by atoms with E-state index in [1.165, 1.54) is 32.1 Å². The van der Waals surface area contributed by atoms with Gasteiger partial charge in [0.2, 0.25) is 5.91 Å². The molecule has 2 N–H and O–H groups in total. The van der Waals surface area contributed by atoms with Gasteiger partial charge in [-0.05, 0) is 39.0 Å². The van der Waals surface area contributed by atoms with Crippen molar-refractivity contribution in [2.24, 2.45) is 5.92 Å². The molecule has 0 aromatic rings. The average Bonchev–Trinajstić information content (AvgIpc) is 2.36. The Morgan fingerprint density at radius 2 is 1.88 bits per heavy atom. The molecule has 0 heterocycles. The Kier molecular flexibility index (Phi) is 6.56. The van der Waals surface area contributed by atoms with Crippen LogP contribution in [0, 0.1) is 5.92 Å². The highest BCUT2D eigenvalue weighted by atomic mass is 16.2. The first-order chi connectivity index (χ1) is 8.15. The molecule has 0 spiro atoms. The van der Waals surface area contributed by atoms with E-state index in [1.807, 2.05) is 6.92 Å². The molecule has 1 rings (SSSR count). The number of hydrogen-bond donors (Lipinski definition) is 2. The second-order valence-corrected chi connectivity index (χ2v) is 5.37. The fourth-order valence-corrected chi connectivity index (χ4v) is 2.64. The van der Waals surface area contributed by atoms with E-state index in [-0.39, 0.29) is 11.9 Å². The van der Waals surface area contributed by atoms with Crippen LogP contribution >= 0.6 is 0 Å². The number of nitrogens with one attached hydrogen (secondary N) is 2. The normalized spacial score (nSPS) is 20.9. The molecule has 0 aliphatic heterocycles. The third kappa shape index (κ3) is 5.07. The standard InChI is InChI=1S/C14H28N2O/c1-4-10-15-14(17)12(3)16-11(2)13-8-6-5-7-9-13/h11-13,16H,4-10H2,1-3H3,(H,15,17)/t11-,12?/m0/s1. The quantitative estimate of drug-likeness (QED) is 0.749. The monoisotopic (exact) mass is 240 g/mol. The van der Waals surface area contributed by atoms with Gasteiger partial charge in [0.1, 0.15) is 0 Å². The van der Waals surface area contributed by atoms with Crippen molar-refractivity contribution in [3.05, 3.63) is 0 Å². The summed E-state index contributed by atoms with van der Waals surface area (Å²) in [6.45, 7) is 7.04. The number of carbonyl (C=O) groups is 1. The maximum absolute atomic E-state index is 11.7. The number of hydrogen-bond acceptors (Lipinski definition) is 2. The van der Waals surface area contributed by atoms with Gasteiger partial charge in [0, 0.05) is 12.6 Å². The molecule has 1 amide bonds. The van der Waals surface area contributed by atoms with E-state index >= 15 is 0 Å². The molecule has 17 heavy (non-hydrogen) atoms. The third-order valence-corrected chi connectivity index (χ3v) is 3.81. The summed E-state index contributed by atoms with van der Waals surface area (Å²) >= 11 is 0. The highest BCUT2D eigenvalue weighted by Gasteiger charge is 2.23. The van der Waals surface area contributed by atoms with Crippen LogP contribution in [0.1, 0.15) is 59.3 Å². The van der Waals surface area contributed by atoms with Crippen molar-refractivity contribution in [2.75, 3.05) is 6.54 Å². The minimum absolute atomic E-state index is 0.0709. The molecule has 1 saturated carbocycles. The number of rotatable bonds is 6. The van der Waals surface area contributed by atoms with Gasteiger partial charge in [0.05, 0.1) is 6.04 Å². The second kappa shape index (κ2) is 7.70. The van der Waals surface area contributed by atoms with Crippen molar-refractivity contribution in [2.45, 2.75) is 71.4 Å². The lowest BCUT2D eigenvalue weighted by atomic mass is 9.84. The van der Waals surface area contributed by atoms with Gasteiger partial charge < -0.3 is 10.6 Å². The summed E-state index contributed by atoms with van der Waals surface area (Å²) in [5.74, 6) is 0.889. The molecule has 0 bridgehead atoms. The molecule has 100 valence electrons. The van der Waals surface area contributed by atoms with Crippen molar-refractivity contribution >= 4 is 5.91 Å². The topological polar surface area (TPSA) is 41.1 Å². The van der Waals surface area contributed by atoms with Crippen LogP contribution in [0.15, 0.2) is 0 Å². The fraction of sp³-hybridized carbons (Fsp3) is 0.929. The molecule has 1 unspecified atom stereocenters. The Hall–Kier alpha value is -0.570. The van der Waals surface area contributed by atoms with Gasteiger partial charge in [-0.2, -0.15) is 0 Å². The van der Waals surface area contributed by atoms with Crippen molar-refractivity contribution in [1.29, 1.82) is 0 Å². The molecule has 0 aromatic carbocycles. The van der Waals surface area contributed by atoms with E-state index in [1.54, 1.807) is 0 Å². The maximum Gasteiger partial charge on any atom is 0.236 e. The Bertz CT molecular complexity index is 224. The molecular formula is C14H28N2O. The largest absolute Gasteiger partial charge is 0.355 e. The molecule has 0 saturated heterocycles. The van der Waals surface area contributed by atoms with Gasteiger partial charge in [-0.1, -0.05) is 26.2 Å². The summed E-state index contributed by atoms with van der Waals surface area (Å²) in [5.41, 5.74) is 0. The van der Waals surface area contributed by atoms with Crippen molar-refractivity contribution < 1.29 is 4.79 Å². The predicted molar refractivity (Wildman–Crippen MR) is 71.9 cm³/mol. The molecule has 3 heteroatoms. The van der Waals surface area contributed by atoms with Gasteiger partial charge in [-0.15, -0.1) is 0 Å². The highest BCUT2D eigenvalue weighted by Crippen LogP contribution is 2.26. The average molecular weight is 240 g/mol. The number of amides is 1. The summed E-state index contributed by atoms with van der Waals surface area (Å²) in [5, 5.41) is 6.39. The van der Waals surface area contributed by atoms with Crippen LogP contribution in [0.3, 0.4) is 0 Å². The van der Waals surface area contributed by atoms with E-state index in [4.69, 9.17) is 0 Å². The molecule has 1 fully saturated rings. The smallest absolute Gasteiger partial charge is 0.236 e. The minimum atomic E-state index is -0.0709. The molecule has 0 radical (unpaired) electrons. The fourth-order valence-electron chi connectivity index (χ4n) is 2.64. The van der Waals surface area contributed by atoms with Crippen LogP contribution < -0.4 is 10.6 Å². The Morgan fingerprint density at radius 1 is 1.24 bits per heavy atom. The van der Waals surface area contributed by atoms with E-state index in [0.717, 1.165) is 18.9 Å². The van der Waals surface area contributed by atoms with Gasteiger partial charge >= 0.3 is 0 Å². The maximum atomic E-state index is 11.7. The third-order valence-electron chi connectivity index (χ3n) is 3.81. The van der Waals surface area contributed by atoms with Gasteiger partial charge in [-0.3, -0.25) is 4.79 Å². The molecule has 1 aliphatic carbocycles. The van der Waals surface area contributed by atoms with Crippen LogP contribution in [0.25, 0.3) is 0 Å². The molecule has 1 aliphatic rings. The molecule has 3 nitrogen and oxygen atoms in total. The SMILES string of the molecule is CCCNC(=O)C(C)N[C@@H](C)C1CCCCC1. The van der Waals surface area contributed by atoms with E-state index in [2.05, 4.69) is 24.5 Å². The lowest BCUT2D eigenvalue weighted by molar-refractivity contribution is -0.123. The lowest BCUT2D eigenvalue weighted by Crippen LogP contribution is -2.48. The number of carbonyl (C=O) groups excluding carboxylic acids is 1. The Labute approximate surface area is 106 Å². The first-order valence-corrected chi connectivity index (χ1v) is 7.19. The van der Waals surface area contributed by atoms with E-state index in [0.29, 0.717) is 6.04 Å². The molecular weight excluding hydrogens is 212 g/mol. The first kappa shape index (κ1) is 14.5. The van der Waals surface area contributed by atoms with Crippen LogP contribution in [-0.2, 0) is 4.79 Å². The highest BCUT2D eigenvalue weighted by molar-refractivity contribution is 5.81. The van der Waals surface area contributed by atoms with Crippen molar-refractivity contribution in [3.8, 4) is 0 Å². The van der Waals surface area contributed by atoms with Crippen LogP contribution in [0.5, 0.6) is 0 Å². The second-order valence-electron chi connectivity index (χ2n) is 5.37. The zero-order valence-corrected chi connectivity index (χ0v) is 11.6. The molecule has 0 aromatic heterocycles. The van der Waals surface area contributed by atoms with Gasteiger partial charge in [0.25, 0.3) is 0 Å². The van der Waals surface area contributed by atoms with Crippen LogP contribution in [0.4, 0.5) is 0 Å². The first-order valence-electron chi connectivity index (χ1n) is 7.19. The van der Waals surface area contributed by atoms with Crippen LogP contribution in [0.2, 0.25) is 0 Å². The predicted octanol–water partition coefficient (Wildman–Crippen LogP) is 2.46. The van der Waals surface area contributed by atoms with Crippen LogP contribution in [-0.4, -0.2) is 24.5 Å². The Morgan fingerprint density at radius 3 is 2.47 bits per heavy atom. The van der Waals surface area contributed by atoms with Crippen molar-refractivity contribution in [3.63, 3.8) is 0 Å². The van der Waals surface area contributed by atoms with Crippen molar-refractivity contribution in [1.82, 2.24) is 10.6 Å².